The Balaban J connectivity index is 1.99. The Labute approximate surface area is 120 Å². The molecule has 0 aliphatic heterocycles. The second kappa shape index (κ2) is 6.75. The number of carbonyl (C=O) groups excluding carboxylic acids is 1. The summed E-state index contributed by atoms with van der Waals surface area (Å²) in [6.07, 6.45) is 0. The molecule has 3 heteroatoms. The number of rotatable bonds is 5. The fourth-order valence-electron chi connectivity index (χ4n) is 2.01. The number of nitrogens with zero attached hydrogens (tertiary/aromatic N) is 1. The highest BCUT2D eigenvalue weighted by Crippen LogP contribution is 2.22. The molecule has 103 valence electrons. The number of amides is 1. The molecule has 1 radical (unpaired) electrons. The van der Waals surface area contributed by atoms with Crippen LogP contribution in [0.25, 0.3) is 11.1 Å². The zero-order chi connectivity index (χ0) is 14.4. The van der Waals surface area contributed by atoms with Crippen molar-refractivity contribution >= 4 is 11.6 Å². The highest BCUT2D eigenvalue weighted by Gasteiger charge is 2.02. The Morgan fingerprint density at radius 1 is 1.20 bits per heavy atom. The lowest BCUT2D eigenvalue weighted by Gasteiger charge is -2.19. The highest BCUT2D eigenvalue weighted by atomic mass is 16.1. The van der Waals surface area contributed by atoms with Crippen LogP contribution in [0.15, 0.2) is 48.5 Å². The normalized spacial score (nSPS) is 10.1. The summed E-state index contributed by atoms with van der Waals surface area (Å²) < 4.78 is 0. The Morgan fingerprint density at radius 3 is 2.55 bits per heavy atom. The SMILES string of the molecule is CC(=O)NCCN(C)c1ccc(-c2c[c]ccc2)cc1. The van der Waals surface area contributed by atoms with Crippen molar-refractivity contribution in [3.05, 3.63) is 54.6 Å². The van der Waals surface area contributed by atoms with E-state index in [0.29, 0.717) is 6.54 Å². The minimum Gasteiger partial charge on any atom is -0.373 e. The lowest BCUT2D eigenvalue weighted by molar-refractivity contribution is -0.118. The average Bonchev–Trinajstić information content (AvgIpc) is 2.48. The first-order valence-electron chi connectivity index (χ1n) is 6.69. The molecule has 1 amide bonds. The van der Waals surface area contributed by atoms with E-state index >= 15 is 0 Å². The molecule has 1 N–H and O–H groups in total. The molecule has 0 saturated heterocycles. The largest absolute Gasteiger partial charge is 0.373 e. The number of benzene rings is 2. The molecule has 0 heterocycles. The fourth-order valence-corrected chi connectivity index (χ4v) is 2.01. The number of hydrogen-bond donors (Lipinski definition) is 1. The Kier molecular flexibility index (Phi) is 4.77. The first-order valence-corrected chi connectivity index (χ1v) is 6.69. The average molecular weight is 267 g/mol. The molecule has 0 atom stereocenters. The van der Waals surface area contributed by atoms with Crippen LogP contribution in [0.4, 0.5) is 5.69 Å². The lowest BCUT2D eigenvalue weighted by Crippen LogP contribution is -2.31. The highest BCUT2D eigenvalue weighted by molar-refractivity contribution is 5.72. The third-order valence-electron chi connectivity index (χ3n) is 3.17. The quantitative estimate of drug-likeness (QED) is 0.903. The molecule has 2 rings (SSSR count). The van der Waals surface area contributed by atoms with Gasteiger partial charge in [0.2, 0.25) is 5.91 Å². The van der Waals surface area contributed by atoms with Crippen LogP contribution < -0.4 is 10.2 Å². The molecule has 3 nitrogen and oxygen atoms in total. The molecule has 2 aromatic carbocycles. The van der Waals surface area contributed by atoms with Gasteiger partial charge >= 0.3 is 0 Å². The second-order valence-corrected chi connectivity index (χ2v) is 4.74. The summed E-state index contributed by atoms with van der Waals surface area (Å²) in [6, 6.07) is 19.4. The van der Waals surface area contributed by atoms with Crippen molar-refractivity contribution in [3.63, 3.8) is 0 Å². The lowest BCUT2D eigenvalue weighted by atomic mass is 10.1. The van der Waals surface area contributed by atoms with Gasteiger partial charge in [0, 0.05) is 32.7 Å². The molecule has 0 fully saturated rings. The van der Waals surface area contributed by atoms with Crippen LogP contribution in [0.3, 0.4) is 0 Å². The second-order valence-electron chi connectivity index (χ2n) is 4.74. The van der Waals surface area contributed by atoms with Crippen molar-refractivity contribution in [1.82, 2.24) is 5.32 Å². The summed E-state index contributed by atoms with van der Waals surface area (Å²) >= 11 is 0. The molecule has 2 aromatic rings. The molecule has 0 saturated carbocycles. The van der Waals surface area contributed by atoms with Gasteiger partial charge in [-0.15, -0.1) is 0 Å². The van der Waals surface area contributed by atoms with Gasteiger partial charge in [0.1, 0.15) is 0 Å². The Hall–Kier alpha value is -2.29. The minimum absolute atomic E-state index is 0.00840. The summed E-state index contributed by atoms with van der Waals surface area (Å²) in [7, 11) is 2.02. The van der Waals surface area contributed by atoms with Crippen LogP contribution in [-0.4, -0.2) is 26.0 Å². The molecule has 0 unspecified atom stereocenters. The van der Waals surface area contributed by atoms with Gasteiger partial charge in [-0.05, 0) is 35.4 Å². The molecule has 0 aliphatic rings. The van der Waals surface area contributed by atoms with Crippen molar-refractivity contribution in [1.29, 1.82) is 0 Å². The third kappa shape index (κ3) is 3.85. The van der Waals surface area contributed by atoms with E-state index in [2.05, 4.69) is 46.6 Å². The molecular weight excluding hydrogens is 248 g/mol. The van der Waals surface area contributed by atoms with Crippen LogP contribution in [0.2, 0.25) is 0 Å². The van der Waals surface area contributed by atoms with E-state index in [1.165, 1.54) is 18.1 Å². The van der Waals surface area contributed by atoms with Gasteiger partial charge in [-0.1, -0.05) is 30.3 Å². The van der Waals surface area contributed by atoms with Crippen molar-refractivity contribution in [2.75, 3.05) is 25.0 Å². The zero-order valence-electron chi connectivity index (χ0n) is 11.9. The topological polar surface area (TPSA) is 32.3 Å². The zero-order valence-corrected chi connectivity index (χ0v) is 11.9. The number of nitrogens with one attached hydrogen (secondary N) is 1. The Morgan fingerprint density at radius 2 is 1.95 bits per heavy atom. The third-order valence-corrected chi connectivity index (χ3v) is 3.17. The smallest absolute Gasteiger partial charge is 0.216 e. The summed E-state index contributed by atoms with van der Waals surface area (Å²) in [5.74, 6) is 0.00840. The monoisotopic (exact) mass is 267 g/mol. The number of anilines is 1. The van der Waals surface area contributed by atoms with Gasteiger partial charge in [-0.3, -0.25) is 4.79 Å². The first kappa shape index (κ1) is 14.1. The van der Waals surface area contributed by atoms with Crippen molar-refractivity contribution < 1.29 is 4.79 Å². The van der Waals surface area contributed by atoms with E-state index in [1.54, 1.807) is 0 Å². The maximum atomic E-state index is 10.8. The van der Waals surface area contributed by atoms with Crippen molar-refractivity contribution in [3.8, 4) is 11.1 Å². The molecule has 0 bridgehead atoms. The van der Waals surface area contributed by atoms with Crippen molar-refractivity contribution in [2.45, 2.75) is 6.92 Å². The van der Waals surface area contributed by atoms with E-state index in [1.807, 2.05) is 25.2 Å². The standard InChI is InChI=1S/C17H19N2O/c1-14(20)18-12-13-19(2)17-10-8-16(9-11-17)15-6-4-3-5-7-15/h3-4,6-11H,12-13H2,1-2H3,(H,18,20). The fraction of sp³-hybridized carbons (Fsp3) is 0.235. The molecule has 0 aromatic heterocycles. The van der Waals surface area contributed by atoms with E-state index in [-0.39, 0.29) is 5.91 Å². The van der Waals surface area contributed by atoms with Crippen molar-refractivity contribution in [2.24, 2.45) is 0 Å². The molecule has 20 heavy (non-hydrogen) atoms. The van der Waals surface area contributed by atoms with E-state index in [9.17, 15) is 4.79 Å². The summed E-state index contributed by atoms with van der Waals surface area (Å²) in [4.78, 5) is 13.0. The minimum atomic E-state index is 0.00840. The molecule has 0 spiro atoms. The predicted molar refractivity (Wildman–Crippen MR) is 82.7 cm³/mol. The summed E-state index contributed by atoms with van der Waals surface area (Å²) in [5, 5.41) is 2.80. The van der Waals surface area contributed by atoms with E-state index in [0.717, 1.165) is 12.2 Å². The van der Waals surface area contributed by atoms with E-state index < -0.39 is 0 Å². The van der Waals surface area contributed by atoms with Crippen LogP contribution in [0.5, 0.6) is 0 Å². The Bertz CT molecular complexity index is 549. The van der Waals surface area contributed by atoms with E-state index in [4.69, 9.17) is 0 Å². The van der Waals surface area contributed by atoms with Crippen LogP contribution >= 0.6 is 0 Å². The van der Waals surface area contributed by atoms with Crippen LogP contribution in [-0.2, 0) is 4.79 Å². The summed E-state index contributed by atoms with van der Waals surface area (Å²) in [5.41, 5.74) is 3.49. The first-order chi connectivity index (χ1) is 9.66. The molecular formula is C17H19N2O. The van der Waals surface area contributed by atoms with Gasteiger partial charge in [-0.2, -0.15) is 0 Å². The van der Waals surface area contributed by atoms with Crippen LogP contribution in [0.1, 0.15) is 6.92 Å². The van der Waals surface area contributed by atoms with Crippen LogP contribution in [0, 0.1) is 6.07 Å². The number of carbonyl (C=O) groups is 1. The summed E-state index contributed by atoms with van der Waals surface area (Å²) in [6.45, 7) is 2.98. The molecule has 0 aliphatic carbocycles. The number of hydrogen-bond acceptors (Lipinski definition) is 2. The van der Waals surface area contributed by atoms with Gasteiger partial charge in [-0.25, -0.2) is 0 Å². The van der Waals surface area contributed by atoms with Gasteiger partial charge in [0.25, 0.3) is 0 Å². The maximum Gasteiger partial charge on any atom is 0.216 e. The van der Waals surface area contributed by atoms with Gasteiger partial charge in [0.15, 0.2) is 0 Å². The predicted octanol–water partition coefficient (Wildman–Crippen LogP) is 2.73. The number of likely N-dealkylation sites (N-methyl/N-ethyl adjacent to an activating group) is 1. The van der Waals surface area contributed by atoms with Gasteiger partial charge in [0.05, 0.1) is 0 Å². The van der Waals surface area contributed by atoms with Gasteiger partial charge < -0.3 is 10.2 Å². The maximum absolute atomic E-state index is 10.8.